The summed E-state index contributed by atoms with van der Waals surface area (Å²) in [6, 6.07) is 13.1. The summed E-state index contributed by atoms with van der Waals surface area (Å²) in [4.78, 5) is 9.41. The number of nitrogens with two attached hydrogens (primary N) is 1. The summed E-state index contributed by atoms with van der Waals surface area (Å²) in [5, 5.41) is 14.1. The van der Waals surface area contributed by atoms with E-state index in [2.05, 4.69) is 39.1 Å². The molecule has 1 fully saturated rings. The van der Waals surface area contributed by atoms with Crippen LogP contribution in [0.2, 0.25) is 0 Å². The molecule has 4 aromatic rings. The second kappa shape index (κ2) is 8.05. The zero-order valence-electron chi connectivity index (χ0n) is 18.2. The van der Waals surface area contributed by atoms with E-state index < -0.39 is 0 Å². The standard InChI is InChI=1S/C24H26N6O2/c1-28-9-11-29(12-10-28)17-5-8-22(32-2)19(13-17)21-15-27-30-23(25)20(14-26-24(21)30)16-3-6-18(31)7-4-16/h3-8,13-15,31H,9-12,25H2,1-2H3. The predicted molar refractivity (Wildman–Crippen MR) is 126 cm³/mol. The number of anilines is 2. The van der Waals surface area contributed by atoms with Crippen LogP contribution in [0.1, 0.15) is 0 Å². The molecule has 0 atom stereocenters. The van der Waals surface area contributed by atoms with Crippen LogP contribution in [0.5, 0.6) is 11.5 Å². The minimum Gasteiger partial charge on any atom is -0.508 e. The first-order valence-corrected chi connectivity index (χ1v) is 10.6. The smallest absolute Gasteiger partial charge is 0.165 e. The third kappa shape index (κ3) is 3.48. The van der Waals surface area contributed by atoms with E-state index in [1.807, 2.05) is 18.2 Å². The predicted octanol–water partition coefficient (Wildman–Crippen LogP) is 3.11. The van der Waals surface area contributed by atoms with E-state index in [4.69, 9.17) is 10.5 Å². The van der Waals surface area contributed by atoms with Crippen molar-refractivity contribution in [3.8, 4) is 33.8 Å². The van der Waals surface area contributed by atoms with Gasteiger partial charge in [0.15, 0.2) is 5.65 Å². The summed E-state index contributed by atoms with van der Waals surface area (Å²) in [5.74, 6) is 1.46. The molecule has 0 spiro atoms. The van der Waals surface area contributed by atoms with E-state index in [0.29, 0.717) is 11.5 Å². The highest BCUT2D eigenvalue weighted by molar-refractivity contribution is 5.86. The molecule has 0 unspecified atom stereocenters. The fourth-order valence-electron chi connectivity index (χ4n) is 4.17. The van der Waals surface area contributed by atoms with Crippen molar-refractivity contribution in [3.63, 3.8) is 0 Å². The van der Waals surface area contributed by atoms with Gasteiger partial charge in [0.2, 0.25) is 0 Å². The van der Waals surface area contributed by atoms with Gasteiger partial charge in [0.25, 0.3) is 0 Å². The molecule has 3 heterocycles. The summed E-state index contributed by atoms with van der Waals surface area (Å²) in [5.41, 5.74) is 11.7. The van der Waals surface area contributed by atoms with Crippen molar-refractivity contribution >= 4 is 17.2 Å². The Bertz CT molecular complexity index is 1260. The quantitative estimate of drug-likeness (QED) is 0.514. The van der Waals surface area contributed by atoms with Gasteiger partial charge < -0.3 is 25.4 Å². The maximum absolute atomic E-state index is 9.57. The van der Waals surface area contributed by atoms with Crippen LogP contribution in [-0.4, -0.2) is 64.9 Å². The molecule has 2 aromatic heterocycles. The van der Waals surface area contributed by atoms with E-state index in [1.165, 1.54) is 0 Å². The van der Waals surface area contributed by atoms with E-state index in [1.54, 1.807) is 36.2 Å². The number of nitrogens with zero attached hydrogens (tertiary/aromatic N) is 5. The number of ether oxygens (including phenoxy) is 1. The second-order valence-electron chi connectivity index (χ2n) is 8.07. The van der Waals surface area contributed by atoms with Gasteiger partial charge in [-0.25, -0.2) is 4.98 Å². The van der Waals surface area contributed by atoms with Crippen molar-refractivity contribution in [2.24, 2.45) is 0 Å². The lowest BCUT2D eigenvalue weighted by Gasteiger charge is -2.34. The molecule has 0 bridgehead atoms. The van der Waals surface area contributed by atoms with Crippen molar-refractivity contribution in [2.75, 3.05) is 51.0 Å². The Morgan fingerprint density at radius 1 is 0.938 bits per heavy atom. The SMILES string of the molecule is COc1ccc(N2CCN(C)CC2)cc1-c1cnn2c(N)c(-c3ccc(O)cc3)cnc12. The molecule has 0 radical (unpaired) electrons. The minimum atomic E-state index is 0.204. The Morgan fingerprint density at radius 2 is 1.69 bits per heavy atom. The highest BCUT2D eigenvalue weighted by Gasteiger charge is 2.20. The van der Waals surface area contributed by atoms with Gasteiger partial charge in [0.1, 0.15) is 17.3 Å². The number of nitrogen functional groups attached to an aromatic ring is 1. The number of likely N-dealkylation sites (N-methyl/N-ethyl adjacent to an activating group) is 1. The largest absolute Gasteiger partial charge is 0.508 e. The molecule has 3 N–H and O–H groups in total. The van der Waals surface area contributed by atoms with Crippen LogP contribution in [0.15, 0.2) is 54.9 Å². The number of hydrogen-bond donors (Lipinski definition) is 2. The zero-order chi connectivity index (χ0) is 22.2. The molecule has 1 aliphatic heterocycles. The highest BCUT2D eigenvalue weighted by atomic mass is 16.5. The number of hydrogen-bond acceptors (Lipinski definition) is 7. The highest BCUT2D eigenvalue weighted by Crippen LogP contribution is 2.37. The molecule has 1 aliphatic rings. The Hall–Kier alpha value is -3.78. The van der Waals surface area contributed by atoms with Gasteiger partial charge in [0, 0.05) is 49.2 Å². The second-order valence-corrected chi connectivity index (χ2v) is 8.07. The van der Waals surface area contributed by atoms with E-state index in [9.17, 15) is 5.11 Å². The Balaban J connectivity index is 1.58. The zero-order valence-corrected chi connectivity index (χ0v) is 18.2. The summed E-state index contributed by atoms with van der Waals surface area (Å²) in [6.45, 7) is 4.04. The van der Waals surface area contributed by atoms with E-state index in [0.717, 1.165) is 59.9 Å². The van der Waals surface area contributed by atoms with E-state index in [-0.39, 0.29) is 5.75 Å². The third-order valence-electron chi connectivity index (χ3n) is 6.08. The number of phenolic OH excluding ortho intramolecular Hbond substituents is 1. The van der Waals surface area contributed by atoms with Gasteiger partial charge in [-0.3, -0.25) is 0 Å². The molecule has 8 nitrogen and oxygen atoms in total. The van der Waals surface area contributed by atoms with Crippen LogP contribution in [0.4, 0.5) is 11.5 Å². The molecular formula is C24H26N6O2. The van der Waals surface area contributed by atoms with Gasteiger partial charge in [-0.15, -0.1) is 0 Å². The van der Waals surface area contributed by atoms with Crippen LogP contribution < -0.4 is 15.4 Å². The van der Waals surface area contributed by atoms with Gasteiger partial charge in [0.05, 0.1) is 18.9 Å². The number of piperazine rings is 1. The fourth-order valence-corrected chi connectivity index (χ4v) is 4.17. The molecule has 0 aliphatic carbocycles. The molecule has 32 heavy (non-hydrogen) atoms. The lowest BCUT2D eigenvalue weighted by molar-refractivity contribution is 0.313. The lowest BCUT2D eigenvalue weighted by atomic mass is 10.1. The maximum atomic E-state index is 9.57. The van der Waals surface area contributed by atoms with Crippen molar-refractivity contribution < 1.29 is 9.84 Å². The van der Waals surface area contributed by atoms with Crippen LogP contribution >= 0.6 is 0 Å². The number of rotatable bonds is 4. The van der Waals surface area contributed by atoms with Gasteiger partial charge in [-0.1, -0.05) is 12.1 Å². The number of fused-ring (bicyclic) bond motifs is 1. The molecule has 1 saturated heterocycles. The van der Waals surface area contributed by atoms with Gasteiger partial charge in [-0.05, 0) is 42.9 Å². The van der Waals surface area contributed by atoms with Crippen LogP contribution in [0, 0.1) is 0 Å². The Morgan fingerprint density at radius 3 is 2.41 bits per heavy atom. The van der Waals surface area contributed by atoms with Crippen LogP contribution in [-0.2, 0) is 0 Å². The number of aromatic hydroxyl groups is 1. The van der Waals surface area contributed by atoms with Crippen molar-refractivity contribution in [1.82, 2.24) is 19.5 Å². The molecule has 164 valence electrons. The van der Waals surface area contributed by atoms with Crippen LogP contribution in [0.25, 0.3) is 27.9 Å². The summed E-state index contributed by atoms with van der Waals surface area (Å²) in [6.07, 6.45) is 3.53. The minimum absolute atomic E-state index is 0.204. The molecular weight excluding hydrogens is 404 g/mol. The summed E-state index contributed by atoms with van der Waals surface area (Å²) >= 11 is 0. The number of phenols is 1. The van der Waals surface area contributed by atoms with Gasteiger partial charge in [-0.2, -0.15) is 9.61 Å². The number of aromatic nitrogens is 3. The number of benzene rings is 2. The summed E-state index contributed by atoms with van der Waals surface area (Å²) in [7, 11) is 3.82. The van der Waals surface area contributed by atoms with E-state index >= 15 is 0 Å². The average Bonchev–Trinajstić information content (AvgIpc) is 3.25. The topological polar surface area (TPSA) is 92.2 Å². The maximum Gasteiger partial charge on any atom is 0.165 e. The van der Waals surface area contributed by atoms with Crippen molar-refractivity contribution in [2.45, 2.75) is 0 Å². The summed E-state index contributed by atoms with van der Waals surface area (Å²) < 4.78 is 7.32. The van der Waals surface area contributed by atoms with Crippen molar-refractivity contribution in [1.29, 1.82) is 0 Å². The third-order valence-corrected chi connectivity index (χ3v) is 6.08. The average molecular weight is 431 g/mol. The molecule has 8 heteroatoms. The number of methoxy groups -OCH3 is 1. The monoisotopic (exact) mass is 430 g/mol. The molecule has 0 saturated carbocycles. The first-order chi connectivity index (χ1) is 15.5. The molecule has 2 aromatic carbocycles. The fraction of sp³-hybridized carbons (Fsp3) is 0.250. The van der Waals surface area contributed by atoms with Gasteiger partial charge >= 0.3 is 0 Å². The first kappa shape index (κ1) is 20.1. The van der Waals surface area contributed by atoms with Crippen LogP contribution in [0.3, 0.4) is 0 Å². The Kier molecular flexibility index (Phi) is 5.07. The normalized spacial score (nSPS) is 14.8. The molecule has 5 rings (SSSR count). The lowest BCUT2D eigenvalue weighted by Crippen LogP contribution is -2.44. The van der Waals surface area contributed by atoms with Crippen molar-refractivity contribution in [3.05, 3.63) is 54.9 Å². The molecule has 0 amide bonds. The first-order valence-electron chi connectivity index (χ1n) is 10.6. The Labute approximate surface area is 186 Å².